The monoisotopic (exact) mass is 754 g/mol. The van der Waals surface area contributed by atoms with Crippen LogP contribution in [0.15, 0.2) is 65.6 Å². The summed E-state index contributed by atoms with van der Waals surface area (Å²) in [5.74, 6) is -0.625. The Bertz CT molecular complexity index is 1970. The van der Waals surface area contributed by atoms with E-state index in [1.807, 2.05) is 30.3 Å². The number of nitriles is 1. The Hall–Kier alpha value is -4.90. The summed E-state index contributed by atoms with van der Waals surface area (Å²) in [6.07, 6.45) is 3.53. The minimum Gasteiger partial charge on any atom is -0.490 e. The maximum atomic E-state index is 13.2. The lowest BCUT2D eigenvalue weighted by Gasteiger charge is -2.36. The number of halogens is 1. The van der Waals surface area contributed by atoms with E-state index in [9.17, 15) is 24.0 Å². The van der Waals surface area contributed by atoms with E-state index in [1.54, 1.807) is 42.1 Å². The van der Waals surface area contributed by atoms with Crippen molar-refractivity contribution in [2.24, 2.45) is 0 Å². The summed E-state index contributed by atoms with van der Waals surface area (Å²) in [6.45, 7) is 4.38. The predicted octanol–water partition coefficient (Wildman–Crippen LogP) is 4.65. The van der Waals surface area contributed by atoms with Gasteiger partial charge in [0.15, 0.2) is 0 Å². The maximum absolute atomic E-state index is 13.2. The molecule has 1 unspecified atom stereocenters. The van der Waals surface area contributed by atoms with Crippen LogP contribution in [0.2, 0.25) is 5.02 Å². The summed E-state index contributed by atoms with van der Waals surface area (Å²) >= 11 is 7.76. The number of nitrogens with zero attached hydrogens (tertiary/aromatic N) is 4. The highest BCUT2D eigenvalue weighted by atomic mass is 35.5. The molecule has 3 heterocycles. The first-order chi connectivity index (χ1) is 25.7. The number of hydrogen-bond donors (Lipinski definition) is 2. The van der Waals surface area contributed by atoms with Gasteiger partial charge in [-0.1, -0.05) is 11.6 Å². The summed E-state index contributed by atoms with van der Waals surface area (Å²) in [5, 5.41) is 14.9. The molecule has 3 aromatic carbocycles. The molecular weight excluding hydrogens is 716 g/mol. The number of nitrogens with one attached hydrogen (secondary N) is 2. The van der Waals surface area contributed by atoms with E-state index < -0.39 is 29.7 Å². The number of fused-ring (bicyclic) bond motifs is 1. The molecule has 53 heavy (non-hydrogen) atoms. The molecular formula is C39H39ClN6O6S. The molecule has 5 amide bonds. The number of carbonyl (C=O) groups is 5. The predicted molar refractivity (Wildman–Crippen MR) is 199 cm³/mol. The van der Waals surface area contributed by atoms with Crippen LogP contribution in [0.4, 0.5) is 5.69 Å². The van der Waals surface area contributed by atoms with Crippen molar-refractivity contribution in [1.82, 2.24) is 20.4 Å². The van der Waals surface area contributed by atoms with Crippen LogP contribution in [0.1, 0.15) is 75.2 Å². The number of imide groups is 2. The van der Waals surface area contributed by atoms with Crippen LogP contribution in [0.3, 0.4) is 0 Å². The highest BCUT2D eigenvalue weighted by molar-refractivity contribution is 7.99. The topological polar surface area (TPSA) is 152 Å². The van der Waals surface area contributed by atoms with Crippen LogP contribution in [0.25, 0.3) is 0 Å². The zero-order chi connectivity index (χ0) is 37.1. The van der Waals surface area contributed by atoms with Crippen molar-refractivity contribution >= 4 is 58.6 Å². The highest BCUT2D eigenvalue weighted by Crippen LogP contribution is 2.32. The molecule has 0 spiro atoms. The molecule has 0 aromatic heterocycles. The molecule has 4 aliphatic rings. The summed E-state index contributed by atoms with van der Waals surface area (Å²) in [4.78, 5) is 69.7. The molecule has 2 N–H and O–H groups in total. The molecule has 7 rings (SSSR count). The van der Waals surface area contributed by atoms with Crippen LogP contribution in [0.5, 0.6) is 5.75 Å². The molecule has 3 aromatic rings. The van der Waals surface area contributed by atoms with Crippen LogP contribution in [-0.4, -0.2) is 96.0 Å². The van der Waals surface area contributed by atoms with Crippen LogP contribution in [0, 0.1) is 11.3 Å². The number of thioether (sulfide) groups is 1. The Morgan fingerprint density at radius 1 is 0.906 bits per heavy atom. The molecule has 3 aliphatic heterocycles. The summed E-state index contributed by atoms with van der Waals surface area (Å²) in [6, 6.07) is 19.3. The molecule has 12 nitrogen and oxygen atoms in total. The van der Waals surface area contributed by atoms with E-state index in [0.29, 0.717) is 27.5 Å². The van der Waals surface area contributed by atoms with Crippen LogP contribution < -0.4 is 20.3 Å². The van der Waals surface area contributed by atoms with E-state index >= 15 is 0 Å². The Morgan fingerprint density at radius 3 is 2.34 bits per heavy atom. The molecule has 14 heteroatoms. The average molecular weight is 755 g/mol. The molecule has 0 radical (unpaired) electrons. The smallest absolute Gasteiger partial charge is 0.262 e. The van der Waals surface area contributed by atoms with Gasteiger partial charge in [-0.3, -0.25) is 39.1 Å². The van der Waals surface area contributed by atoms with E-state index in [-0.39, 0.29) is 36.5 Å². The fraction of sp³-hybridized carbons (Fsp3) is 0.385. The van der Waals surface area contributed by atoms with Gasteiger partial charge in [0.1, 0.15) is 17.9 Å². The van der Waals surface area contributed by atoms with Gasteiger partial charge in [-0.25, -0.2) is 0 Å². The van der Waals surface area contributed by atoms with Crippen molar-refractivity contribution < 1.29 is 28.7 Å². The first-order valence-corrected chi connectivity index (χ1v) is 19.3. The molecule has 1 aliphatic carbocycles. The summed E-state index contributed by atoms with van der Waals surface area (Å²) in [5.41, 5.74) is 2.72. The van der Waals surface area contributed by atoms with Gasteiger partial charge in [0.2, 0.25) is 11.8 Å². The second-order valence-electron chi connectivity index (χ2n) is 13.7. The van der Waals surface area contributed by atoms with Crippen molar-refractivity contribution in [3.05, 3.63) is 87.9 Å². The molecule has 3 fully saturated rings. The van der Waals surface area contributed by atoms with Crippen molar-refractivity contribution in [2.45, 2.75) is 61.6 Å². The van der Waals surface area contributed by atoms with Gasteiger partial charge in [-0.05, 0) is 86.7 Å². The zero-order valence-corrected chi connectivity index (χ0v) is 30.6. The fourth-order valence-corrected chi connectivity index (χ4v) is 8.50. The fourth-order valence-electron chi connectivity index (χ4n) is 7.33. The molecule has 0 bridgehead atoms. The third kappa shape index (κ3) is 8.20. The first kappa shape index (κ1) is 36.5. The first-order valence-electron chi connectivity index (χ1n) is 17.9. The zero-order valence-electron chi connectivity index (χ0n) is 29.0. The number of piperazine rings is 1. The van der Waals surface area contributed by atoms with Gasteiger partial charge in [-0.2, -0.15) is 5.26 Å². The SMILES string of the molecule is N#Cc1ccc(OC2CCC(NC(=O)c3ccc(N4CCN(CCSc5ccc6c(c5)C(=O)N(C5CCC(=O)NC5=O)C6=O)CC4)cc3)CC2)cc1Cl. The number of piperidine rings is 1. The lowest BCUT2D eigenvalue weighted by Crippen LogP contribution is -2.54. The molecule has 1 saturated carbocycles. The van der Waals surface area contributed by atoms with Gasteiger partial charge in [0, 0.05) is 73.2 Å². The molecule has 1 atom stereocenters. The number of ether oxygens (including phenoxy) is 1. The Morgan fingerprint density at radius 2 is 1.64 bits per heavy atom. The Balaban J connectivity index is 0.822. The van der Waals surface area contributed by atoms with Crippen molar-refractivity contribution in [1.29, 1.82) is 5.26 Å². The second-order valence-corrected chi connectivity index (χ2v) is 15.3. The van der Waals surface area contributed by atoms with Gasteiger partial charge in [-0.15, -0.1) is 11.8 Å². The minimum absolute atomic E-state index is 0.0389. The number of benzene rings is 3. The third-order valence-electron chi connectivity index (χ3n) is 10.3. The van der Waals surface area contributed by atoms with Crippen molar-refractivity contribution in [3.63, 3.8) is 0 Å². The largest absolute Gasteiger partial charge is 0.490 e. The summed E-state index contributed by atoms with van der Waals surface area (Å²) in [7, 11) is 0. The highest BCUT2D eigenvalue weighted by Gasteiger charge is 2.44. The summed E-state index contributed by atoms with van der Waals surface area (Å²) < 4.78 is 6.08. The lowest BCUT2D eigenvalue weighted by molar-refractivity contribution is -0.136. The number of hydrogen-bond acceptors (Lipinski definition) is 10. The number of amides is 5. The number of carbonyl (C=O) groups excluding carboxylic acids is 5. The van der Waals surface area contributed by atoms with Gasteiger partial charge in [0.05, 0.1) is 27.8 Å². The van der Waals surface area contributed by atoms with Gasteiger partial charge in [0.25, 0.3) is 17.7 Å². The minimum atomic E-state index is -0.973. The van der Waals surface area contributed by atoms with Gasteiger partial charge >= 0.3 is 0 Å². The Labute approximate surface area is 316 Å². The standard InChI is InChI=1S/C39H39ClN6O6S/c40-33-21-29(8-3-25(33)23-41)52-28-9-4-26(5-10-28)42-36(48)24-1-6-27(7-2-24)45-17-15-44(16-18-45)19-20-53-30-11-12-31-32(22-30)39(51)46(38(31)50)34-13-14-35(47)43-37(34)49/h1-3,6-8,11-12,21-22,26,28,34H,4-5,9-10,13-20H2,(H,42,48)(H,43,47,49). The van der Waals surface area contributed by atoms with E-state index in [0.717, 1.165) is 79.6 Å². The second kappa shape index (κ2) is 16.0. The van der Waals surface area contributed by atoms with Crippen molar-refractivity contribution in [2.75, 3.05) is 43.4 Å². The normalized spacial score (nSPS) is 21.9. The van der Waals surface area contributed by atoms with E-state index in [4.69, 9.17) is 21.6 Å². The molecule has 2 saturated heterocycles. The van der Waals surface area contributed by atoms with Crippen molar-refractivity contribution in [3.8, 4) is 11.8 Å². The van der Waals surface area contributed by atoms with Gasteiger partial charge < -0.3 is 15.0 Å². The van der Waals surface area contributed by atoms with E-state index in [2.05, 4.69) is 26.5 Å². The quantitative estimate of drug-likeness (QED) is 0.221. The third-order valence-corrected chi connectivity index (χ3v) is 11.6. The average Bonchev–Trinajstić information content (AvgIpc) is 3.41. The molecule has 274 valence electrons. The Kier molecular flexibility index (Phi) is 11.0. The van der Waals surface area contributed by atoms with Crippen LogP contribution in [-0.2, 0) is 9.59 Å². The number of rotatable bonds is 10. The van der Waals surface area contributed by atoms with Crippen LogP contribution >= 0.6 is 23.4 Å². The number of anilines is 1. The maximum Gasteiger partial charge on any atom is 0.262 e. The van der Waals surface area contributed by atoms with E-state index in [1.165, 1.54) is 0 Å². The lowest BCUT2D eigenvalue weighted by atomic mass is 9.92.